The van der Waals surface area contributed by atoms with Gasteiger partial charge in [0.15, 0.2) is 11.5 Å². The standard InChI is InChI=1S/C15H22N6O5/c1-15(2,3)26-14(25)20-4-7(22)9(23)10(24)13(20)21-6-19-8-11(16)17-5-18-12(8)21/h5-7,9-10,13,22-24H,4H2,1-3H3,(H2,16,17,18)/t7-,9+,10+,13+/m1/s1. The number of carbonyl (C=O) groups is 1. The normalized spacial score (nSPS) is 26.9. The molecular weight excluding hydrogens is 344 g/mol. The molecule has 2 aromatic rings. The Kier molecular flexibility index (Phi) is 4.46. The maximum atomic E-state index is 12.6. The Labute approximate surface area is 149 Å². The molecule has 2 aromatic heterocycles. The molecule has 0 saturated carbocycles. The molecule has 142 valence electrons. The Balaban J connectivity index is 2.06. The van der Waals surface area contributed by atoms with E-state index in [1.165, 1.54) is 17.2 Å². The van der Waals surface area contributed by atoms with Crippen molar-refractivity contribution in [2.75, 3.05) is 12.3 Å². The molecule has 11 heteroatoms. The van der Waals surface area contributed by atoms with E-state index in [9.17, 15) is 20.1 Å². The fraction of sp³-hybridized carbons (Fsp3) is 0.600. The van der Waals surface area contributed by atoms with Gasteiger partial charge in [0.25, 0.3) is 0 Å². The van der Waals surface area contributed by atoms with Crippen molar-refractivity contribution in [3.63, 3.8) is 0 Å². The SMILES string of the molecule is CC(C)(C)OC(=O)N1C[C@@H](O)[C@H](O)[C@H](O)[C@@H]1n1cnc2c(N)ncnc21. The van der Waals surface area contributed by atoms with Gasteiger partial charge in [-0.25, -0.2) is 19.7 Å². The lowest BCUT2D eigenvalue weighted by atomic mass is 9.99. The van der Waals surface area contributed by atoms with Crippen LogP contribution in [0.3, 0.4) is 0 Å². The van der Waals surface area contributed by atoms with Crippen molar-refractivity contribution in [2.45, 2.75) is 50.8 Å². The molecule has 5 N–H and O–H groups in total. The Hall–Kier alpha value is -2.50. The fourth-order valence-corrected chi connectivity index (χ4v) is 2.89. The summed E-state index contributed by atoms with van der Waals surface area (Å²) in [6, 6.07) is 0. The second kappa shape index (κ2) is 6.34. The van der Waals surface area contributed by atoms with E-state index >= 15 is 0 Å². The van der Waals surface area contributed by atoms with Crippen molar-refractivity contribution in [3.05, 3.63) is 12.7 Å². The Bertz CT molecular complexity index is 818. The summed E-state index contributed by atoms with van der Waals surface area (Å²) >= 11 is 0. The number of nitrogens with zero attached hydrogens (tertiary/aromatic N) is 5. The molecule has 1 aliphatic rings. The average molecular weight is 366 g/mol. The van der Waals surface area contributed by atoms with Crippen molar-refractivity contribution in [3.8, 4) is 0 Å². The van der Waals surface area contributed by atoms with Gasteiger partial charge in [0.2, 0.25) is 0 Å². The van der Waals surface area contributed by atoms with Gasteiger partial charge in [-0.3, -0.25) is 9.47 Å². The number of hydrogen-bond acceptors (Lipinski definition) is 9. The van der Waals surface area contributed by atoms with Crippen LogP contribution in [0.15, 0.2) is 12.7 Å². The summed E-state index contributed by atoms with van der Waals surface area (Å²) in [6.45, 7) is 4.86. The molecule has 0 aromatic carbocycles. The van der Waals surface area contributed by atoms with Gasteiger partial charge in [0, 0.05) is 0 Å². The van der Waals surface area contributed by atoms with Crippen LogP contribution in [0.1, 0.15) is 26.9 Å². The molecule has 0 bridgehead atoms. The highest BCUT2D eigenvalue weighted by atomic mass is 16.6. The number of fused-ring (bicyclic) bond motifs is 1. The van der Waals surface area contributed by atoms with E-state index in [1.54, 1.807) is 20.8 Å². The third-order valence-electron chi connectivity index (χ3n) is 4.05. The number of carbonyl (C=O) groups excluding carboxylic acids is 1. The zero-order chi connectivity index (χ0) is 19.2. The minimum Gasteiger partial charge on any atom is -0.444 e. The van der Waals surface area contributed by atoms with Gasteiger partial charge in [-0.2, -0.15) is 0 Å². The molecule has 0 aliphatic carbocycles. The highest BCUT2D eigenvalue weighted by Crippen LogP contribution is 2.31. The van der Waals surface area contributed by atoms with Gasteiger partial charge < -0.3 is 25.8 Å². The number of anilines is 1. The van der Waals surface area contributed by atoms with Crippen LogP contribution in [0, 0.1) is 0 Å². The largest absolute Gasteiger partial charge is 0.444 e. The number of imidazole rings is 1. The number of rotatable bonds is 1. The van der Waals surface area contributed by atoms with Crippen molar-refractivity contribution in [1.82, 2.24) is 24.4 Å². The minimum atomic E-state index is -1.50. The van der Waals surface area contributed by atoms with Gasteiger partial charge in [-0.1, -0.05) is 0 Å². The van der Waals surface area contributed by atoms with Crippen LogP contribution >= 0.6 is 0 Å². The number of ether oxygens (including phenoxy) is 1. The molecule has 3 heterocycles. The number of piperidine rings is 1. The summed E-state index contributed by atoms with van der Waals surface area (Å²) in [5.41, 5.74) is 5.57. The number of nitrogen functional groups attached to an aromatic ring is 1. The van der Waals surface area contributed by atoms with Gasteiger partial charge in [-0.05, 0) is 20.8 Å². The number of β-amino-alcohol motifs (C(OH)–C–C–N with tert-alkyl or cyclic N) is 1. The minimum absolute atomic E-state index is 0.142. The van der Waals surface area contributed by atoms with Gasteiger partial charge >= 0.3 is 6.09 Å². The number of aromatic nitrogens is 4. The molecule has 11 nitrogen and oxygen atoms in total. The topological polar surface area (TPSA) is 160 Å². The lowest BCUT2D eigenvalue weighted by Crippen LogP contribution is -2.60. The molecule has 1 aliphatic heterocycles. The molecule has 0 unspecified atom stereocenters. The third kappa shape index (κ3) is 3.16. The molecule has 26 heavy (non-hydrogen) atoms. The molecule has 1 fully saturated rings. The van der Waals surface area contributed by atoms with Crippen molar-refractivity contribution < 1.29 is 24.9 Å². The predicted octanol–water partition coefficient (Wildman–Crippen LogP) is -0.760. The summed E-state index contributed by atoms with van der Waals surface area (Å²) < 4.78 is 6.76. The summed E-state index contributed by atoms with van der Waals surface area (Å²) in [7, 11) is 0. The first kappa shape index (κ1) is 18.3. The van der Waals surface area contributed by atoms with Crippen LogP contribution < -0.4 is 5.73 Å². The molecule has 1 saturated heterocycles. The van der Waals surface area contributed by atoms with Gasteiger partial charge in [0.05, 0.1) is 12.9 Å². The molecule has 3 rings (SSSR count). The molecule has 0 spiro atoms. The maximum absolute atomic E-state index is 12.6. The Morgan fingerprint density at radius 1 is 1.23 bits per heavy atom. The molecule has 0 radical (unpaired) electrons. The molecular formula is C15H22N6O5. The van der Waals surface area contributed by atoms with Crippen LogP contribution in [0.4, 0.5) is 10.6 Å². The Morgan fingerprint density at radius 3 is 2.58 bits per heavy atom. The van der Waals surface area contributed by atoms with Gasteiger partial charge in [0.1, 0.15) is 41.9 Å². The van der Waals surface area contributed by atoms with E-state index < -0.39 is 36.2 Å². The number of likely N-dealkylation sites (tertiary alicyclic amines) is 1. The van der Waals surface area contributed by atoms with E-state index in [4.69, 9.17) is 10.5 Å². The number of aliphatic hydroxyl groups is 3. The Morgan fingerprint density at radius 2 is 1.92 bits per heavy atom. The lowest BCUT2D eigenvalue weighted by molar-refractivity contribution is -0.151. The first-order valence-corrected chi connectivity index (χ1v) is 8.07. The number of aliphatic hydroxyl groups excluding tert-OH is 3. The van der Waals surface area contributed by atoms with E-state index in [0.717, 1.165) is 4.90 Å². The van der Waals surface area contributed by atoms with Crippen LogP contribution in [-0.2, 0) is 4.74 Å². The van der Waals surface area contributed by atoms with E-state index in [0.29, 0.717) is 5.52 Å². The summed E-state index contributed by atoms with van der Waals surface area (Å²) in [4.78, 5) is 25.8. The second-order valence-corrected chi connectivity index (χ2v) is 7.18. The second-order valence-electron chi connectivity index (χ2n) is 7.18. The summed E-state index contributed by atoms with van der Waals surface area (Å²) in [6.07, 6.45) is -3.57. The van der Waals surface area contributed by atoms with E-state index in [-0.39, 0.29) is 18.0 Å². The number of amides is 1. The summed E-state index contributed by atoms with van der Waals surface area (Å²) in [5, 5.41) is 30.7. The quantitative estimate of drug-likeness (QED) is 0.508. The lowest BCUT2D eigenvalue weighted by Gasteiger charge is -2.44. The summed E-state index contributed by atoms with van der Waals surface area (Å²) in [5.74, 6) is 0.142. The van der Waals surface area contributed by atoms with Gasteiger partial charge in [-0.15, -0.1) is 0 Å². The maximum Gasteiger partial charge on any atom is 0.412 e. The van der Waals surface area contributed by atoms with E-state index in [1.807, 2.05) is 0 Å². The van der Waals surface area contributed by atoms with E-state index in [2.05, 4.69) is 15.0 Å². The van der Waals surface area contributed by atoms with Crippen molar-refractivity contribution in [1.29, 1.82) is 0 Å². The first-order valence-electron chi connectivity index (χ1n) is 8.07. The number of hydrogen-bond donors (Lipinski definition) is 4. The van der Waals surface area contributed by atoms with Crippen LogP contribution in [0.5, 0.6) is 0 Å². The zero-order valence-electron chi connectivity index (χ0n) is 14.6. The van der Waals surface area contributed by atoms with Crippen molar-refractivity contribution >= 4 is 23.1 Å². The average Bonchev–Trinajstić information content (AvgIpc) is 2.96. The first-order chi connectivity index (χ1) is 12.1. The zero-order valence-corrected chi connectivity index (χ0v) is 14.6. The van der Waals surface area contributed by atoms with Crippen LogP contribution in [0.25, 0.3) is 11.2 Å². The highest BCUT2D eigenvalue weighted by molar-refractivity contribution is 5.81. The number of nitrogens with two attached hydrogens (primary N) is 1. The third-order valence-corrected chi connectivity index (χ3v) is 4.05. The smallest absolute Gasteiger partial charge is 0.412 e. The fourth-order valence-electron chi connectivity index (χ4n) is 2.89. The van der Waals surface area contributed by atoms with Crippen LogP contribution in [-0.4, -0.2) is 76.3 Å². The molecule has 4 atom stereocenters. The predicted molar refractivity (Wildman–Crippen MR) is 89.7 cm³/mol. The monoisotopic (exact) mass is 366 g/mol. The van der Waals surface area contributed by atoms with Crippen molar-refractivity contribution in [2.24, 2.45) is 0 Å². The van der Waals surface area contributed by atoms with Crippen LogP contribution in [0.2, 0.25) is 0 Å². The highest BCUT2D eigenvalue weighted by Gasteiger charge is 2.46. The molecule has 1 amide bonds.